The molecule has 0 radical (unpaired) electrons. The van der Waals surface area contributed by atoms with E-state index in [1.165, 1.54) is 10.4 Å². The first-order valence-electron chi connectivity index (χ1n) is 6.08. The van der Waals surface area contributed by atoms with Crippen molar-refractivity contribution < 1.29 is 0 Å². The molecule has 2 heterocycles. The van der Waals surface area contributed by atoms with Gasteiger partial charge in [0.1, 0.15) is 0 Å². The smallest absolute Gasteiger partial charge is 0.0468 e. The quantitative estimate of drug-likeness (QED) is 0.900. The Morgan fingerprint density at radius 2 is 2.28 bits per heavy atom. The maximum Gasteiger partial charge on any atom is 0.0468 e. The van der Waals surface area contributed by atoms with Crippen LogP contribution in [-0.2, 0) is 12.8 Å². The van der Waals surface area contributed by atoms with Gasteiger partial charge in [-0.2, -0.15) is 0 Å². The molecule has 1 N–H and O–H groups in total. The lowest BCUT2D eigenvalue weighted by molar-refractivity contribution is 0.594. The van der Waals surface area contributed by atoms with Crippen molar-refractivity contribution in [1.29, 1.82) is 0 Å². The van der Waals surface area contributed by atoms with E-state index in [2.05, 4.69) is 56.7 Å². The Bertz CT molecular complexity index is 493. The number of nitrogens with zero attached hydrogens (tertiary/aromatic N) is 1. The summed E-state index contributed by atoms with van der Waals surface area (Å²) in [4.78, 5) is 5.86. The lowest BCUT2D eigenvalue weighted by Crippen LogP contribution is -2.18. The van der Waals surface area contributed by atoms with Gasteiger partial charge in [-0.1, -0.05) is 13.0 Å². The topological polar surface area (TPSA) is 24.9 Å². The Kier molecular flexibility index (Phi) is 4.92. The molecule has 0 saturated carbocycles. The zero-order chi connectivity index (χ0) is 13.0. The summed E-state index contributed by atoms with van der Waals surface area (Å²) in [6.07, 6.45) is 3.94. The molecule has 2 nitrogen and oxygen atoms in total. The number of hydrogen-bond donors (Lipinski definition) is 1. The van der Waals surface area contributed by atoms with Crippen LogP contribution < -0.4 is 5.32 Å². The van der Waals surface area contributed by atoms with Crippen molar-refractivity contribution in [2.45, 2.75) is 25.8 Å². The molecule has 0 aromatic carbocycles. The van der Waals surface area contributed by atoms with Crippen molar-refractivity contribution in [2.24, 2.45) is 0 Å². The Morgan fingerprint density at radius 3 is 2.78 bits per heavy atom. The minimum Gasteiger partial charge on any atom is -0.312 e. The summed E-state index contributed by atoms with van der Waals surface area (Å²) in [5.74, 6) is 0. The Balaban J connectivity index is 2.10. The molecule has 0 fully saturated rings. The number of hydrogen-bond acceptors (Lipinski definition) is 3. The Labute approximate surface area is 121 Å². The van der Waals surface area contributed by atoms with Crippen LogP contribution in [0, 0.1) is 0 Å². The standard InChI is InChI=1S/C14H17BrN2S/c1-3-10-4-5-12(17-8-10)7-13(16-2)14-6-11(15)9-18-14/h4-6,8-9,13,16H,3,7H2,1-2H3. The summed E-state index contributed by atoms with van der Waals surface area (Å²) in [6, 6.07) is 6.80. The molecular weight excluding hydrogens is 308 g/mol. The van der Waals surface area contributed by atoms with Gasteiger partial charge in [0.2, 0.25) is 0 Å². The third-order valence-corrected chi connectivity index (χ3v) is 4.79. The largest absolute Gasteiger partial charge is 0.312 e. The highest BCUT2D eigenvalue weighted by atomic mass is 79.9. The van der Waals surface area contributed by atoms with Gasteiger partial charge in [0.25, 0.3) is 0 Å². The van der Waals surface area contributed by atoms with Crippen LogP contribution >= 0.6 is 27.3 Å². The van der Waals surface area contributed by atoms with Gasteiger partial charge in [0, 0.05) is 39.1 Å². The van der Waals surface area contributed by atoms with Crippen molar-refractivity contribution in [3.63, 3.8) is 0 Å². The minimum atomic E-state index is 0.335. The van der Waals surface area contributed by atoms with Gasteiger partial charge in [-0.3, -0.25) is 4.98 Å². The van der Waals surface area contributed by atoms with Crippen LogP contribution in [-0.4, -0.2) is 12.0 Å². The average molecular weight is 325 g/mol. The van der Waals surface area contributed by atoms with Crippen molar-refractivity contribution in [3.05, 3.63) is 50.4 Å². The van der Waals surface area contributed by atoms with Crippen LogP contribution in [0.1, 0.15) is 29.1 Å². The summed E-state index contributed by atoms with van der Waals surface area (Å²) in [6.45, 7) is 2.15. The van der Waals surface area contributed by atoms with Crippen LogP contribution in [0.15, 0.2) is 34.2 Å². The molecule has 0 aliphatic heterocycles. The van der Waals surface area contributed by atoms with Gasteiger partial charge in [-0.25, -0.2) is 0 Å². The molecule has 0 spiro atoms. The summed E-state index contributed by atoms with van der Waals surface area (Å²) >= 11 is 5.27. The molecule has 1 unspecified atom stereocenters. The fraction of sp³-hybridized carbons (Fsp3) is 0.357. The zero-order valence-corrected chi connectivity index (χ0v) is 13.0. The number of nitrogens with one attached hydrogen (secondary N) is 1. The molecule has 0 aliphatic rings. The molecule has 18 heavy (non-hydrogen) atoms. The molecule has 0 aliphatic carbocycles. The first-order valence-corrected chi connectivity index (χ1v) is 7.75. The number of rotatable bonds is 5. The second-order valence-corrected chi connectivity index (χ2v) is 6.08. The Hall–Kier alpha value is -0.710. The van der Waals surface area contributed by atoms with E-state index in [0.29, 0.717) is 6.04 Å². The van der Waals surface area contributed by atoms with Crippen LogP contribution in [0.25, 0.3) is 0 Å². The summed E-state index contributed by atoms with van der Waals surface area (Å²) in [7, 11) is 2.00. The van der Waals surface area contributed by atoms with Gasteiger partial charge < -0.3 is 5.32 Å². The Morgan fingerprint density at radius 1 is 1.44 bits per heavy atom. The maximum absolute atomic E-state index is 4.52. The molecule has 0 amide bonds. The third-order valence-electron chi connectivity index (χ3n) is 2.99. The molecule has 0 bridgehead atoms. The summed E-state index contributed by atoms with van der Waals surface area (Å²) in [5.41, 5.74) is 2.43. The highest BCUT2D eigenvalue weighted by Crippen LogP contribution is 2.27. The van der Waals surface area contributed by atoms with Crippen molar-refractivity contribution >= 4 is 27.3 Å². The van der Waals surface area contributed by atoms with E-state index >= 15 is 0 Å². The van der Waals surface area contributed by atoms with E-state index in [1.54, 1.807) is 11.3 Å². The average Bonchev–Trinajstić information content (AvgIpc) is 2.83. The summed E-state index contributed by atoms with van der Waals surface area (Å²) in [5, 5.41) is 5.48. The normalized spacial score (nSPS) is 12.6. The van der Waals surface area contributed by atoms with Crippen molar-refractivity contribution in [2.75, 3.05) is 7.05 Å². The number of thiophene rings is 1. The first-order chi connectivity index (χ1) is 8.72. The van der Waals surface area contributed by atoms with Crippen LogP contribution in [0.3, 0.4) is 0 Å². The number of aryl methyl sites for hydroxylation is 1. The van der Waals surface area contributed by atoms with E-state index in [-0.39, 0.29) is 0 Å². The summed E-state index contributed by atoms with van der Waals surface area (Å²) < 4.78 is 1.15. The SMILES string of the molecule is CCc1ccc(CC(NC)c2cc(Br)cs2)nc1. The van der Waals surface area contributed by atoms with Crippen LogP contribution in [0.4, 0.5) is 0 Å². The molecule has 1 atom stereocenters. The zero-order valence-electron chi connectivity index (χ0n) is 10.6. The predicted molar refractivity (Wildman–Crippen MR) is 81.1 cm³/mol. The third kappa shape index (κ3) is 3.40. The monoisotopic (exact) mass is 324 g/mol. The fourth-order valence-electron chi connectivity index (χ4n) is 1.85. The molecular formula is C14H17BrN2S. The van der Waals surface area contributed by atoms with E-state index in [0.717, 1.165) is 23.0 Å². The predicted octanol–water partition coefficient (Wildman–Crippen LogP) is 3.97. The maximum atomic E-state index is 4.52. The minimum absolute atomic E-state index is 0.335. The van der Waals surface area contributed by atoms with Gasteiger partial charge >= 0.3 is 0 Å². The molecule has 0 saturated heterocycles. The van der Waals surface area contributed by atoms with Gasteiger partial charge in [-0.05, 0) is 47.1 Å². The number of likely N-dealkylation sites (N-methyl/N-ethyl adjacent to an activating group) is 1. The lowest BCUT2D eigenvalue weighted by atomic mass is 10.1. The highest BCUT2D eigenvalue weighted by Gasteiger charge is 2.12. The van der Waals surface area contributed by atoms with Crippen molar-refractivity contribution in [1.82, 2.24) is 10.3 Å². The number of pyridine rings is 1. The second-order valence-electron chi connectivity index (χ2n) is 4.22. The van der Waals surface area contributed by atoms with Crippen LogP contribution in [0.2, 0.25) is 0 Å². The molecule has 2 aromatic rings. The van der Waals surface area contributed by atoms with E-state index in [4.69, 9.17) is 0 Å². The second kappa shape index (κ2) is 6.45. The van der Waals surface area contributed by atoms with Gasteiger partial charge in [0.05, 0.1) is 0 Å². The first kappa shape index (κ1) is 13.7. The van der Waals surface area contributed by atoms with Crippen LogP contribution in [0.5, 0.6) is 0 Å². The van der Waals surface area contributed by atoms with Crippen molar-refractivity contribution in [3.8, 4) is 0 Å². The number of halogens is 1. The molecule has 4 heteroatoms. The van der Waals surface area contributed by atoms with E-state index in [9.17, 15) is 0 Å². The van der Waals surface area contributed by atoms with Gasteiger partial charge in [-0.15, -0.1) is 11.3 Å². The van der Waals surface area contributed by atoms with Gasteiger partial charge in [0.15, 0.2) is 0 Å². The van der Waals surface area contributed by atoms with E-state index < -0.39 is 0 Å². The van der Waals surface area contributed by atoms with E-state index in [1.807, 2.05) is 13.2 Å². The number of aromatic nitrogens is 1. The fourth-order valence-corrected chi connectivity index (χ4v) is 3.41. The molecule has 2 rings (SSSR count). The highest BCUT2D eigenvalue weighted by molar-refractivity contribution is 9.10. The molecule has 96 valence electrons. The molecule has 2 aromatic heterocycles. The lowest BCUT2D eigenvalue weighted by Gasteiger charge is -2.14.